The molecule has 0 unspecified atom stereocenters. The molecule has 0 radical (unpaired) electrons. The molecule has 0 saturated heterocycles. The van der Waals surface area contributed by atoms with Crippen LogP contribution in [0.3, 0.4) is 0 Å². The molecule has 0 spiro atoms. The normalized spacial score (nSPS) is 12.4. The van der Waals surface area contributed by atoms with Gasteiger partial charge in [0.1, 0.15) is 0 Å². The summed E-state index contributed by atoms with van der Waals surface area (Å²) in [5.74, 6) is -0.857. The smallest absolute Gasteiger partial charge is 0.317 e. The van der Waals surface area contributed by atoms with Gasteiger partial charge in [0.2, 0.25) is 0 Å². The van der Waals surface area contributed by atoms with Gasteiger partial charge < -0.3 is 5.11 Å². The zero-order valence-electron chi connectivity index (χ0n) is 9.02. The molecule has 84 valence electrons. The zero-order chi connectivity index (χ0) is 11.4. The van der Waals surface area contributed by atoms with Crippen molar-refractivity contribution in [2.45, 2.75) is 0 Å². The van der Waals surface area contributed by atoms with Crippen molar-refractivity contribution in [3.8, 4) is 0 Å². The van der Waals surface area contributed by atoms with Gasteiger partial charge in [-0.3, -0.25) is 19.5 Å². The summed E-state index contributed by atoms with van der Waals surface area (Å²) in [5.41, 5.74) is 0. The van der Waals surface area contributed by atoms with Crippen LogP contribution in [0.4, 0.5) is 0 Å². The number of carboxylic acids is 1. The number of hydrogen-bond donors (Lipinski definition) is 2. The molecule has 7 heteroatoms. The summed E-state index contributed by atoms with van der Waals surface area (Å²) in [7, 11) is 7.68. The minimum atomic E-state index is -1.79. The molecule has 0 saturated carbocycles. The molecule has 0 bridgehead atoms. The van der Waals surface area contributed by atoms with Gasteiger partial charge in [-0.1, -0.05) is 11.8 Å². The SMILES string of the molecule is CN(C)P(=S)(CNCC(=O)O)N(C)C. The van der Waals surface area contributed by atoms with Gasteiger partial charge in [0.15, 0.2) is 0 Å². The van der Waals surface area contributed by atoms with E-state index in [9.17, 15) is 4.79 Å². The fourth-order valence-electron chi connectivity index (χ4n) is 0.949. The highest BCUT2D eigenvalue weighted by molar-refractivity contribution is 8.12. The Morgan fingerprint density at radius 2 is 1.79 bits per heavy atom. The Bertz CT molecular complexity index is 233. The van der Waals surface area contributed by atoms with E-state index in [0.29, 0.717) is 6.29 Å². The predicted molar refractivity (Wildman–Crippen MR) is 62.2 cm³/mol. The molecule has 0 aromatic rings. The zero-order valence-corrected chi connectivity index (χ0v) is 10.7. The summed E-state index contributed by atoms with van der Waals surface area (Å²) >= 11 is 5.51. The van der Waals surface area contributed by atoms with Gasteiger partial charge in [0.25, 0.3) is 0 Å². The average Bonchev–Trinajstić information content (AvgIpc) is 2.02. The second-order valence-corrected chi connectivity index (χ2v) is 8.34. The van der Waals surface area contributed by atoms with Crippen LogP contribution in [0.2, 0.25) is 0 Å². The lowest BCUT2D eigenvalue weighted by Gasteiger charge is -2.34. The van der Waals surface area contributed by atoms with Crippen LogP contribution >= 0.6 is 6.34 Å². The van der Waals surface area contributed by atoms with Gasteiger partial charge in [-0.25, -0.2) is 0 Å². The van der Waals surface area contributed by atoms with E-state index >= 15 is 0 Å². The van der Waals surface area contributed by atoms with E-state index < -0.39 is 12.3 Å². The highest BCUT2D eigenvalue weighted by Gasteiger charge is 2.21. The molecule has 0 aliphatic heterocycles. The fraction of sp³-hybridized carbons (Fsp3) is 0.857. The summed E-state index contributed by atoms with van der Waals surface area (Å²) in [6.07, 6.45) is -1.26. The van der Waals surface area contributed by atoms with E-state index in [-0.39, 0.29) is 6.54 Å². The second-order valence-electron chi connectivity index (χ2n) is 3.34. The minimum absolute atomic E-state index is 0.0416. The van der Waals surface area contributed by atoms with Crippen molar-refractivity contribution >= 4 is 24.1 Å². The molecular formula is C7H18N3O2PS. The van der Waals surface area contributed by atoms with E-state index in [1.54, 1.807) is 0 Å². The molecule has 0 rings (SSSR count). The fourth-order valence-corrected chi connectivity index (χ4v) is 2.91. The van der Waals surface area contributed by atoms with Crippen molar-refractivity contribution < 1.29 is 9.90 Å². The van der Waals surface area contributed by atoms with E-state index in [0.717, 1.165) is 0 Å². The summed E-state index contributed by atoms with van der Waals surface area (Å²) in [6.45, 7) is -0.0416. The number of carbonyl (C=O) groups is 1. The number of rotatable bonds is 6. The lowest BCUT2D eigenvalue weighted by atomic mass is 10.7. The molecule has 0 aliphatic carbocycles. The van der Waals surface area contributed by atoms with Crippen molar-refractivity contribution in [2.75, 3.05) is 41.0 Å². The first kappa shape index (κ1) is 14.0. The van der Waals surface area contributed by atoms with E-state index in [1.165, 1.54) is 0 Å². The highest BCUT2D eigenvalue weighted by Crippen LogP contribution is 2.48. The molecule has 0 aliphatic rings. The Morgan fingerprint density at radius 1 is 1.36 bits per heavy atom. The highest BCUT2D eigenvalue weighted by atomic mass is 32.4. The molecule has 5 nitrogen and oxygen atoms in total. The Kier molecular flexibility index (Phi) is 5.78. The van der Waals surface area contributed by atoms with Crippen LogP contribution in [0.25, 0.3) is 0 Å². The Morgan fingerprint density at radius 3 is 2.07 bits per heavy atom. The van der Waals surface area contributed by atoms with Crippen LogP contribution in [0.15, 0.2) is 0 Å². The van der Waals surface area contributed by atoms with Gasteiger partial charge in [-0.2, -0.15) is 0 Å². The standard InChI is InChI=1S/C7H18N3O2PS/c1-9(2)13(14,10(3)4)6-8-5-7(11)12/h8H,5-6H2,1-4H3,(H,11,12). The molecule has 0 fully saturated rings. The lowest BCUT2D eigenvalue weighted by Crippen LogP contribution is -2.31. The van der Waals surface area contributed by atoms with Gasteiger partial charge in [-0.15, -0.1) is 0 Å². The van der Waals surface area contributed by atoms with Gasteiger partial charge >= 0.3 is 5.97 Å². The Labute approximate surface area is 90.2 Å². The van der Waals surface area contributed by atoms with Crippen molar-refractivity contribution in [3.05, 3.63) is 0 Å². The molecule has 0 amide bonds. The van der Waals surface area contributed by atoms with E-state index in [1.807, 2.05) is 37.5 Å². The van der Waals surface area contributed by atoms with Gasteiger partial charge in [0.05, 0.1) is 19.2 Å². The molecule has 14 heavy (non-hydrogen) atoms. The quantitative estimate of drug-likeness (QED) is 0.639. The van der Waals surface area contributed by atoms with Crippen molar-refractivity contribution in [1.82, 2.24) is 14.7 Å². The van der Waals surface area contributed by atoms with E-state index in [2.05, 4.69) is 5.32 Å². The molecule has 0 atom stereocenters. The van der Waals surface area contributed by atoms with Crippen LogP contribution in [0.5, 0.6) is 0 Å². The first-order valence-electron chi connectivity index (χ1n) is 4.18. The molecule has 2 N–H and O–H groups in total. The monoisotopic (exact) mass is 239 g/mol. The predicted octanol–water partition coefficient (Wildman–Crippen LogP) is 0.0508. The number of carboxylic acid groups (broad SMARTS) is 1. The summed E-state index contributed by atoms with van der Waals surface area (Å²) in [6, 6.07) is 0. The number of aliphatic carboxylic acids is 1. The third-order valence-electron chi connectivity index (χ3n) is 1.84. The van der Waals surface area contributed by atoms with Crippen LogP contribution < -0.4 is 5.32 Å². The average molecular weight is 239 g/mol. The first-order valence-corrected chi connectivity index (χ1v) is 7.07. The second kappa shape index (κ2) is 5.78. The molecule has 0 heterocycles. The van der Waals surface area contributed by atoms with Crippen LogP contribution in [0.1, 0.15) is 0 Å². The van der Waals surface area contributed by atoms with Gasteiger partial charge in [-0.05, 0) is 28.2 Å². The van der Waals surface area contributed by atoms with Crippen LogP contribution in [-0.4, -0.2) is 61.4 Å². The summed E-state index contributed by atoms with van der Waals surface area (Å²) in [4.78, 5) is 10.3. The maximum Gasteiger partial charge on any atom is 0.317 e. The molecule has 0 aromatic carbocycles. The first-order chi connectivity index (χ1) is 6.30. The molecule has 0 aromatic heterocycles. The van der Waals surface area contributed by atoms with Crippen LogP contribution in [0, 0.1) is 0 Å². The van der Waals surface area contributed by atoms with Crippen molar-refractivity contribution in [2.24, 2.45) is 0 Å². The van der Waals surface area contributed by atoms with E-state index in [4.69, 9.17) is 16.9 Å². The number of hydrogen-bond acceptors (Lipinski definition) is 3. The maximum absolute atomic E-state index is 10.3. The van der Waals surface area contributed by atoms with Crippen molar-refractivity contribution in [3.63, 3.8) is 0 Å². The third-order valence-corrected chi connectivity index (χ3v) is 7.33. The Balaban J connectivity index is 4.26. The third kappa shape index (κ3) is 4.02. The Hall–Kier alpha value is -0.0000000000000000763. The number of nitrogens with one attached hydrogen (secondary N) is 1. The topological polar surface area (TPSA) is 55.8 Å². The lowest BCUT2D eigenvalue weighted by molar-refractivity contribution is -0.135. The van der Waals surface area contributed by atoms with Crippen molar-refractivity contribution in [1.29, 1.82) is 0 Å². The molecular weight excluding hydrogens is 221 g/mol. The maximum atomic E-state index is 10.3. The number of nitrogens with zero attached hydrogens (tertiary/aromatic N) is 2. The van der Waals surface area contributed by atoms with Gasteiger partial charge in [0, 0.05) is 0 Å². The minimum Gasteiger partial charge on any atom is -0.480 e. The summed E-state index contributed by atoms with van der Waals surface area (Å²) in [5, 5.41) is 11.3. The van der Waals surface area contributed by atoms with Crippen LogP contribution in [-0.2, 0) is 16.6 Å². The largest absolute Gasteiger partial charge is 0.480 e. The summed E-state index contributed by atoms with van der Waals surface area (Å²) < 4.78 is 3.97.